The fourth-order valence-corrected chi connectivity index (χ4v) is 4.75. The smallest absolute Gasteiger partial charge is 0.251 e. The van der Waals surface area contributed by atoms with Crippen molar-refractivity contribution in [2.45, 2.75) is 25.7 Å². The molecule has 0 saturated carbocycles. The second kappa shape index (κ2) is 8.05. The topological polar surface area (TPSA) is 81.4 Å². The van der Waals surface area contributed by atoms with Gasteiger partial charge in [0.15, 0.2) is 0 Å². The minimum Gasteiger partial charge on any atom is -0.496 e. The molecular formula is C19H19BrN2O3S. The van der Waals surface area contributed by atoms with Gasteiger partial charge >= 0.3 is 0 Å². The van der Waals surface area contributed by atoms with Crippen molar-refractivity contribution in [1.82, 2.24) is 0 Å². The minimum absolute atomic E-state index is 0.312. The molecule has 0 bridgehead atoms. The molecule has 1 aromatic carbocycles. The Labute approximate surface area is 164 Å². The molecule has 136 valence electrons. The normalized spacial score (nSPS) is 13.5. The zero-order valence-corrected chi connectivity index (χ0v) is 16.7. The molecule has 0 saturated heterocycles. The molecule has 26 heavy (non-hydrogen) atoms. The maximum absolute atomic E-state index is 12.4. The van der Waals surface area contributed by atoms with Gasteiger partial charge in [-0.15, -0.1) is 11.3 Å². The van der Waals surface area contributed by atoms with Crippen LogP contribution in [0.5, 0.6) is 5.75 Å². The van der Waals surface area contributed by atoms with E-state index in [1.165, 1.54) is 17.4 Å². The van der Waals surface area contributed by atoms with Crippen LogP contribution in [0, 0.1) is 0 Å². The van der Waals surface area contributed by atoms with Crippen LogP contribution in [0.3, 0.4) is 0 Å². The molecule has 3 N–H and O–H groups in total. The number of rotatable bonds is 5. The van der Waals surface area contributed by atoms with E-state index in [-0.39, 0.29) is 5.91 Å². The van der Waals surface area contributed by atoms with Crippen molar-refractivity contribution in [2.24, 2.45) is 5.73 Å². The van der Waals surface area contributed by atoms with Crippen LogP contribution >= 0.6 is 27.3 Å². The van der Waals surface area contributed by atoms with Gasteiger partial charge in [0, 0.05) is 21.0 Å². The van der Waals surface area contributed by atoms with Crippen LogP contribution in [0.15, 0.2) is 28.7 Å². The number of methoxy groups -OCH3 is 1. The zero-order valence-electron chi connectivity index (χ0n) is 14.3. The lowest BCUT2D eigenvalue weighted by molar-refractivity contribution is -0.111. The molecule has 0 unspecified atom stereocenters. The van der Waals surface area contributed by atoms with Gasteiger partial charge in [0.25, 0.3) is 5.91 Å². The number of primary amides is 1. The number of anilines is 1. The highest BCUT2D eigenvalue weighted by molar-refractivity contribution is 9.10. The third kappa shape index (κ3) is 3.99. The maximum Gasteiger partial charge on any atom is 0.251 e. The maximum atomic E-state index is 12.4. The first-order chi connectivity index (χ1) is 12.5. The summed E-state index contributed by atoms with van der Waals surface area (Å²) < 4.78 is 6.18. The van der Waals surface area contributed by atoms with Gasteiger partial charge in [-0.05, 0) is 55.5 Å². The summed E-state index contributed by atoms with van der Waals surface area (Å²) in [4.78, 5) is 25.4. The van der Waals surface area contributed by atoms with Gasteiger partial charge < -0.3 is 15.8 Å². The van der Waals surface area contributed by atoms with Crippen molar-refractivity contribution in [3.8, 4) is 5.75 Å². The SMILES string of the molecule is COc1ccc(Br)cc1/C=C/C(=O)Nc1sc2c(c1C(N)=O)CCCC2. The molecule has 1 aliphatic carbocycles. The molecule has 0 radical (unpaired) electrons. The number of carbonyl (C=O) groups is 2. The highest BCUT2D eigenvalue weighted by Crippen LogP contribution is 2.37. The van der Waals surface area contributed by atoms with Crippen LogP contribution < -0.4 is 15.8 Å². The molecular weight excluding hydrogens is 416 g/mol. The summed E-state index contributed by atoms with van der Waals surface area (Å²) in [6.45, 7) is 0. The van der Waals surface area contributed by atoms with E-state index >= 15 is 0 Å². The van der Waals surface area contributed by atoms with Gasteiger partial charge in [0.05, 0.1) is 12.7 Å². The number of aryl methyl sites for hydroxylation is 1. The first kappa shape index (κ1) is 18.7. The van der Waals surface area contributed by atoms with Gasteiger partial charge in [-0.2, -0.15) is 0 Å². The highest BCUT2D eigenvalue weighted by atomic mass is 79.9. The lowest BCUT2D eigenvalue weighted by atomic mass is 9.95. The molecule has 0 fully saturated rings. The average Bonchev–Trinajstić information content (AvgIpc) is 2.98. The monoisotopic (exact) mass is 434 g/mol. The van der Waals surface area contributed by atoms with E-state index in [1.54, 1.807) is 13.2 Å². The Kier molecular flexibility index (Phi) is 5.78. The quantitative estimate of drug-likeness (QED) is 0.693. The number of benzene rings is 1. The van der Waals surface area contributed by atoms with E-state index in [2.05, 4.69) is 21.2 Å². The van der Waals surface area contributed by atoms with Crippen molar-refractivity contribution in [2.75, 3.05) is 12.4 Å². The number of nitrogens with one attached hydrogen (secondary N) is 1. The Balaban J connectivity index is 1.82. The Morgan fingerprint density at radius 3 is 2.81 bits per heavy atom. The van der Waals surface area contributed by atoms with E-state index in [9.17, 15) is 9.59 Å². The van der Waals surface area contributed by atoms with Crippen LogP contribution in [0.2, 0.25) is 0 Å². The Morgan fingerprint density at radius 1 is 1.31 bits per heavy atom. The fraction of sp³-hybridized carbons (Fsp3) is 0.263. The van der Waals surface area contributed by atoms with Crippen molar-refractivity contribution in [3.05, 3.63) is 50.3 Å². The first-order valence-corrected chi connectivity index (χ1v) is 9.87. The molecule has 1 aliphatic rings. The Morgan fingerprint density at radius 2 is 2.08 bits per heavy atom. The van der Waals surface area contributed by atoms with E-state index in [0.29, 0.717) is 16.3 Å². The summed E-state index contributed by atoms with van der Waals surface area (Å²) in [6.07, 6.45) is 7.01. The number of thiophene rings is 1. The summed E-state index contributed by atoms with van der Waals surface area (Å²) in [7, 11) is 1.58. The van der Waals surface area contributed by atoms with Crippen molar-refractivity contribution < 1.29 is 14.3 Å². The standard InChI is InChI=1S/C19H19BrN2O3S/c1-25-14-8-7-12(20)10-11(14)6-9-16(23)22-19-17(18(21)24)13-4-2-3-5-15(13)26-19/h6-10H,2-5H2,1H3,(H2,21,24)(H,22,23)/b9-6+. The summed E-state index contributed by atoms with van der Waals surface area (Å²) in [5.74, 6) is -0.132. The van der Waals surface area contributed by atoms with Crippen LogP contribution in [0.1, 0.15) is 39.2 Å². The van der Waals surface area contributed by atoms with Gasteiger partial charge in [-0.25, -0.2) is 0 Å². The lowest BCUT2D eigenvalue weighted by Crippen LogP contribution is -2.17. The summed E-state index contributed by atoms with van der Waals surface area (Å²) in [6, 6.07) is 5.55. The number of hydrogen-bond donors (Lipinski definition) is 2. The fourth-order valence-electron chi connectivity index (χ4n) is 3.07. The summed E-state index contributed by atoms with van der Waals surface area (Å²) >= 11 is 4.86. The largest absolute Gasteiger partial charge is 0.496 e. The molecule has 5 nitrogen and oxygen atoms in total. The second-order valence-electron chi connectivity index (χ2n) is 5.99. The Hall–Kier alpha value is -2.12. The molecule has 1 heterocycles. The van der Waals surface area contributed by atoms with Gasteiger partial charge in [-0.3, -0.25) is 9.59 Å². The molecule has 0 aliphatic heterocycles. The molecule has 7 heteroatoms. The first-order valence-electron chi connectivity index (χ1n) is 8.26. The molecule has 3 rings (SSSR count). The van der Waals surface area contributed by atoms with E-state index in [0.717, 1.165) is 46.2 Å². The van der Waals surface area contributed by atoms with Crippen molar-refractivity contribution in [1.29, 1.82) is 0 Å². The van der Waals surface area contributed by atoms with Gasteiger partial charge in [0.2, 0.25) is 5.91 Å². The molecule has 2 amide bonds. The van der Waals surface area contributed by atoms with E-state index in [1.807, 2.05) is 18.2 Å². The van der Waals surface area contributed by atoms with Crippen LogP contribution in [0.4, 0.5) is 5.00 Å². The third-order valence-electron chi connectivity index (χ3n) is 4.26. The van der Waals surface area contributed by atoms with Crippen LogP contribution in [-0.4, -0.2) is 18.9 Å². The summed E-state index contributed by atoms with van der Waals surface area (Å²) in [5.41, 5.74) is 7.80. The molecule has 1 aromatic heterocycles. The Bertz CT molecular complexity index is 889. The van der Waals surface area contributed by atoms with E-state index < -0.39 is 5.91 Å². The van der Waals surface area contributed by atoms with Gasteiger partial charge in [-0.1, -0.05) is 15.9 Å². The number of halogens is 1. The number of hydrogen-bond acceptors (Lipinski definition) is 4. The molecule has 0 atom stereocenters. The van der Waals surface area contributed by atoms with Gasteiger partial charge in [0.1, 0.15) is 10.8 Å². The minimum atomic E-state index is -0.489. The average molecular weight is 435 g/mol. The number of ether oxygens (including phenoxy) is 1. The highest BCUT2D eigenvalue weighted by Gasteiger charge is 2.24. The van der Waals surface area contributed by atoms with Crippen molar-refractivity contribution in [3.63, 3.8) is 0 Å². The predicted molar refractivity (Wildman–Crippen MR) is 108 cm³/mol. The second-order valence-corrected chi connectivity index (χ2v) is 8.01. The number of fused-ring (bicyclic) bond motifs is 1. The van der Waals surface area contributed by atoms with Crippen molar-refractivity contribution >= 4 is 50.2 Å². The number of nitrogens with two attached hydrogens (primary N) is 1. The predicted octanol–water partition coefficient (Wildman–Crippen LogP) is 4.15. The molecule has 2 aromatic rings. The number of amides is 2. The van der Waals surface area contributed by atoms with Crippen LogP contribution in [-0.2, 0) is 17.6 Å². The lowest BCUT2D eigenvalue weighted by Gasteiger charge is -2.11. The van der Waals surface area contributed by atoms with Crippen LogP contribution in [0.25, 0.3) is 6.08 Å². The summed E-state index contributed by atoms with van der Waals surface area (Å²) in [5, 5.41) is 3.35. The third-order valence-corrected chi connectivity index (χ3v) is 5.96. The van der Waals surface area contributed by atoms with E-state index in [4.69, 9.17) is 10.5 Å². The number of carbonyl (C=O) groups excluding carboxylic acids is 2. The zero-order chi connectivity index (χ0) is 18.7. The molecule has 0 spiro atoms.